The zero-order chi connectivity index (χ0) is 14.5. The van der Waals surface area contributed by atoms with Crippen molar-refractivity contribution in [1.82, 2.24) is 0 Å². The van der Waals surface area contributed by atoms with E-state index in [0.717, 1.165) is 0 Å². The summed E-state index contributed by atoms with van der Waals surface area (Å²) < 4.78 is 36.1. The Morgan fingerprint density at radius 1 is 1.32 bits per heavy atom. The summed E-state index contributed by atoms with van der Waals surface area (Å²) in [6.45, 7) is 1.72. The summed E-state index contributed by atoms with van der Waals surface area (Å²) >= 11 is 0. The summed E-state index contributed by atoms with van der Waals surface area (Å²) in [4.78, 5) is 11.4. The number of hydrogen-bond acceptors (Lipinski definition) is 2. The second kappa shape index (κ2) is 6.56. The van der Waals surface area contributed by atoms with E-state index in [1.165, 1.54) is 0 Å². The molecule has 1 aromatic carbocycles. The summed E-state index contributed by atoms with van der Waals surface area (Å²) in [5.74, 6) is -0.210. The van der Waals surface area contributed by atoms with E-state index in [-0.39, 0.29) is 24.8 Å². The van der Waals surface area contributed by atoms with Gasteiger partial charge in [-0.05, 0) is 31.0 Å². The van der Waals surface area contributed by atoms with Crippen LogP contribution >= 0.6 is 0 Å². The molecule has 1 atom stereocenters. The number of hydrogen-bond donors (Lipinski definition) is 2. The second-order valence-corrected chi connectivity index (χ2v) is 4.54. The highest BCUT2D eigenvalue weighted by molar-refractivity contribution is 5.91. The molecule has 0 aliphatic rings. The standard InChI is InChI=1S/C13H17F3N2O/c1-9(17)8-12(19)18-11-4-2-10(3-5-11)6-7-13(14,15)16/h2-5,9H,6-8,17H2,1H3,(H,18,19). The van der Waals surface area contributed by atoms with Gasteiger partial charge in [0.15, 0.2) is 0 Å². The fraction of sp³-hybridized carbons (Fsp3) is 0.462. The van der Waals surface area contributed by atoms with E-state index >= 15 is 0 Å². The molecule has 0 saturated heterocycles. The van der Waals surface area contributed by atoms with Gasteiger partial charge in [-0.15, -0.1) is 0 Å². The van der Waals surface area contributed by atoms with Crippen molar-refractivity contribution in [2.75, 3.05) is 5.32 Å². The third-order valence-corrected chi connectivity index (χ3v) is 2.44. The highest BCUT2D eigenvalue weighted by Crippen LogP contribution is 2.22. The van der Waals surface area contributed by atoms with Crippen molar-refractivity contribution >= 4 is 11.6 Å². The molecule has 0 aromatic heterocycles. The second-order valence-electron chi connectivity index (χ2n) is 4.54. The maximum atomic E-state index is 12.0. The Labute approximate surface area is 110 Å². The maximum absolute atomic E-state index is 12.0. The summed E-state index contributed by atoms with van der Waals surface area (Å²) in [6, 6.07) is 6.10. The summed E-state index contributed by atoms with van der Waals surface area (Å²) in [7, 11) is 0. The first-order valence-electron chi connectivity index (χ1n) is 5.97. The predicted molar refractivity (Wildman–Crippen MR) is 67.7 cm³/mol. The van der Waals surface area contributed by atoms with Gasteiger partial charge in [-0.25, -0.2) is 0 Å². The van der Waals surface area contributed by atoms with Gasteiger partial charge >= 0.3 is 6.18 Å². The minimum absolute atomic E-state index is 0.0580. The van der Waals surface area contributed by atoms with Crippen LogP contribution in [0.3, 0.4) is 0 Å². The lowest BCUT2D eigenvalue weighted by Gasteiger charge is -2.09. The van der Waals surface area contributed by atoms with Gasteiger partial charge in [0, 0.05) is 24.6 Å². The SMILES string of the molecule is CC(N)CC(=O)Nc1ccc(CCC(F)(F)F)cc1. The molecule has 0 radical (unpaired) electrons. The van der Waals surface area contributed by atoms with Crippen molar-refractivity contribution in [3.63, 3.8) is 0 Å². The van der Waals surface area contributed by atoms with E-state index in [4.69, 9.17) is 5.73 Å². The average Bonchev–Trinajstić information content (AvgIpc) is 2.26. The quantitative estimate of drug-likeness (QED) is 0.867. The molecule has 0 saturated carbocycles. The molecule has 3 nitrogen and oxygen atoms in total. The normalized spacial score (nSPS) is 13.1. The number of benzene rings is 1. The van der Waals surface area contributed by atoms with Crippen molar-refractivity contribution in [3.8, 4) is 0 Å². The third kappa shape index (κ3) is 6.81. The number of rotatable bonds is 5. The number of carbonyl (C=O) groups excluding carboxylic acids is 1. The number of nitrogens with two attached hydrogens (primary N) is 1. The molecule has 1 unspecified atom stereocenters. The third-order valence-electron chi connectivity index (χ3n) is 2.44. The molecule has 0 spiro atoms. The Balaban J connectivity index is 2.50. The van der Waals surface area contributed by atoms with Crippen molar-refractivity contribution < 1.29 is 18.0 Å². The zero-order valence-electron chi connectivity index (χ0n) is 10.6. The lowest BCUT2D eigenvalue weighted by Crippen LogP contribution is -2.23. The van der Waals surface area contributed by atoms with Gasteiger partial charge in [-0.1, -0.05) is 12.1 Å². The van der Waals surface area contributed by atoms with E-state index in [0.29, 0.717) is 11.3 Å². The Hall–Kier alpha value is -1.56. The van der Waals surface area contributed by atoms with Crippen LogP contribution in [0.25, 0.3) is 0 Å². The molecule has 6 heteroatoms. The van der Waals surface area contributed by atoms with Crippen LogP contribution in [0.4, 0.5) is 18.9 Å². The summed E-state index contributed by atoms with van der Waals surface area (Å²) in [5.41, 5.74) is 6.63. The Kier molecular flexibility index (Phi) is 5.35. The van der Waals surface area contributed by atoms with Crippen molar-refractivity contribution in [2.45, 2.75) is 38.4 Å². The molecule has 1 aromatic rings. The topological polar surface area (TPSA) is 55.1 Å². The number of anilines is 1. The molecule has 0 bridgehead atoms. The molecule has 1 amide bonds. The van der Waals surface area contributed by atoms with Crippen molar-refractivity contribution in [3.05, 3.63) is 29.8 Å². The molecular formula is C13H17F3N2O. The highest BCUT2D eigenvalue weighted by atomic mass is 19.4. The lowest BCUT2D eigenvalue weighted by atomic mass is 10.1. The predicted octanol–water partition coefficient (Wildman–Crippen LogP) is 2.86. The number of amides is 1. The van der Waals surface area contributed by atoms with Gasteiger partial charge in [-0.3, -0.25) is 4.79 Å². The van der Waals surface area contributed by atoms with Crippen LogP contribution in [0.2, 0.25) is 0 Å². The van der Waals surface area contributed by atoms with Crippen LogP contribution < -0.4 is 11.1 Å². The van der Waals surface area contributed by atoms with Crippen LogP contribution in [0.1, 0.15) is 25.3 Å². The number of alkyl halides is 3. The maximum Gasteiger partial charge on any atom is 0.389 e. The molecule has 1 rings (SSSR count). The van der Waals surface area contributed by atoms with Crippen molar-refractivity contribution in [2.24, 2.45) is 5.73 Å². The Morgan fingerprint density at radius 2 is 1.89 bits per heavy atom. The molecule has 0 aliphatic heterocycles. The number of halogens is 3. The molecular weight excluding hydrogens is 257 g/mol. The highest BCUT2D eigenvalue weighted by Gasteiger charge is 2.26. The smallest absolute Gasteiger partial charge is 0.327 e. The lowest BCUT2D eigenvalue weighted by molar-refractivity contribution is -0.134. The molecule has 3 N–H and O–H groups in total. The van der Waals surface area contributed by atoms with Gasteiger partial charge in [0.25, 0.3) is 0 Å². The molecule has 19 heavy (non-hydrogen) atoms. The molecule has 106 valence electrons. The van der Waals surface area contributed by atoms with E-state index in [1.54, 1.807) is 31.2 Å². The van der Waals surface area contributed by atoms with E-state index in [9.17, 15) is 18.0 Å². The van der Waals surface area contributed by atoms with Crippen LogP contribution in [0.15, 0.2) is 24.3 Å². The van der Waals surface area contributed by atoms with E-state index in [1.807, 2.05) is 0 Å². The average molecular weight is 274 g/mol. The van der Waals surface area contributed by atoms with Crippen molar-refractivity contribution in [1.29, 1.82) is 0 Å². The van der Waals surface area contributed by atoms with Gasteiger partial charge in [0.1, 0.15) is 0 Å². The van der Waals surface area contributed by atoms with Crippen LogP contribution in [-0.2, 0) is 11.2 Å². The summed E-state index contributed by atoms with van der Waals surface area (Å²) in [5, 5.41) is 2.63. The van der Waals surface area contributed by atoms with Gasteiger partial charge in [0.05, 0.1) is 0 Å². The molecule has 0 heterocycles. The zero-order valence-corrected chi connectivity index (χ0v) is 10.6. The Morgan fingerprint density at radius 3 is 2.37 bits per heavy atom. The van der Waals surface area contributed by atoms with E-state index < -0.39 is 12.6 Å². The van der Waals surface area contributed by atoms with Gasteiger partial charge in [-0.2, -0.15) is 13.2 Å². The van der Waals surface area contributed by atoms with Crippen LogP contribution in [0.5, 0.6) is 0 Å². The first kappa shape index (κ1) is 15.5. The fourth-order valence-electron chi connectivity index (χ4n) is 1.55. The minimum atomic E-state index is -4.15. The minimum Gasteiger partial charge on any atom is -0.327 e. The molecule has 0 aliphatic carbocycles. The van der Waals surface area contributed by atoms with Gasteiger partial charge < -0.3 is 11.1 Å². The Bertz CT molecular complexity index is 413. The number of nitrogens with one attached hydrogen (secondary N) is 1. The number of aryl methyl sites for hydroxylation is 1. The monoisotopic (exact) mass is 274 g/mol. The first-order valence-corrected chi connectivity index (χ1v) is 5.97. The summed E-state index contributed by atoms with van der Waals surface area (Å²) in [6.07, 6.45) is -4.85. The fourth-order valence-corrected chi connectivity index (χ4v) is 1.55. The number of carbonyl (C=O) groups is 1. The van der Waals surface area contributed by atoms with Gasteiger partial charge in [0.2, 0.25) is 5.91 Å². The largest absolute Gasteiger partial charge is 0.389 e. The molecule has 0 fully saturated rings. The first-order chi connectivity index (χ1) is 8.76. The van der Waals surface area contributed by atoms with Crippen LogP contribution in [-0.4, -0.2) is 18.1 Å². The van der Waals surface area contributed by atoms with E-state index in [2.05, 4.69) is 5.32 Å². The van der Waals surface area contributed by atoms with Crippen LogP contribution in [0, 0.1) is 0 Å².